The van der Waals surface area contributed by atoms with Gasteiger partial charge in [0.15, 0.2) is 5.76 Å². The third-order valence-electron chi connectivity index (χ3n) is 4.92. The molecule has 0 aliphatic rings. The van der Waals surface area contributed by atoms with Crippen molar-refractivity contribution in [3.05, 3.63) is 83.6 Å². The minimum atomic E-state index is -4.16. The number of aryl methyl sites for hydroxylation is 2. The lowest BCUT2D eigenvalue weighted by Gasteiger charge is -2.12. The van der Waals surface area contributed by atoms with Crippen molar-refractivity contribution in [1.29, 1.82) is 0 Å². The average Bonchev–Trinajstić information content (AvgIpc) is 3.17. The molecule has 4 aromatic rings. The van der Waals surface area contributed by atoms with Gasteiger partial charge in [-0.3, -0.25) is 4.79 Å². The summed E-state index contributed by atoms with van der Waals surface area (Å²) < 4.78 is 39.3. The molecule has 1 N–H and O–H groups in total. The summed E-state index contributed by atoms with van der Waals surface area (Å²) in [5.74, 6) is -0.420. The van der Waals surface area contributed by atoms with Crippen LogP contribution in [-0.4, -0.2) is 21.4 Å². The number of carbonyl (C=O) groups is 1. The van der Waals surface area contributed by atoms with Gasteiger partial charge in [-0.2, -0.15) is 0 Å². The predicted octanol–water partition coefficient (Wildman–Crippen LogP) is 4.84. The highest BCUT2D eigenvalue weighted by Crippen LogP contribution is 2.31. The SMILES string of the molecule is COc1cc(C)cc2oc(C(=O)NS(=O)(=O)c3ccc(C)cc3-c3ccccc3)cc12. The maximum Gasteiger partial charge on any atom is 0.300 e. The zero-order chi connectivity index (χ0) is 22.2. The first kappa shape index (κ1) is 20.7. The van der Waals surface area contributed by atoms with Crippen molar-refractivity contribution < 1.29 is 22.4 Å². The Labute approximate surface area is 180 Å². The van der Waals surface area contributed by atoms with Crippen LogP contribution in [0.5, 0.6) is 5.75 Å². The number of nitrogens with one attached hydrogen (secondary N) is 1. The number of carbonyl (C=O) groups excluding carboxylic acids is 1. The summed E-state index contributed by atoms with van der Waals surface area (Å²) in [6.07, 6.45) is 0. The molecular formula is C24H21NO5S. The predicted molar refractivity (Wildman–Crippen MR) is 119 cm³/mol. The van der Waals surface area contributed by atoms with Gasteiger partial charge in [-0.15, -0.1) is 0 Å². The Morgan fingerprint density at radius 3 is 2.39 bits per heavy atom. The van der Waals surface area contributed by atoms with Gasteiger partial charge in [0.2, 0.25) is 0 Å². The smallest absolute Gasteiger partial charge is 0.300 e. The first-order chi connectivity index (χ1) is 14.8. The molecule has 0 radical (unpaired) electrons. The van der Waals surface area contributed by atoms with E-state index in [1.54, 1.807) is 18.2 Å². The molecule has 3 aromatic carbocycles. The molecule has 6 nitrogen and oxygen atoms in total. The molecule has 0 atom stereocenters. The van der Waals surface area contributed by atoms with Gasteiger partial charge >= 0.3 is 5.91 Å². The van der Waals surface area contributed by atoms with Gasteiger partial charge < -0.3 is 9.15 Å². The van der Waals surface area contributed by atoms with Crippen molar-refractivity contribution in [2.24, 2.45) is 0 Å². The summed E-state index contributed by atoms with van der Waals surface area (Å²) in [4.78, 5) is 12.8. The van der Waals surface area contributed by atoms with E-state index in [4.69, 9.17) is 9.15 Å². The molecule has 0 bridgehead atoms. The zero-order valence-electron chi connectivity index (χ0n) is 17.3. The van der Waals surface area contributed by atoms with Crippen molar-refractivity contribution in [1.82, 2.24) is 4.72 Å². The van der Waals surface area contributed by atoms with E-state index in [-0.39, 0.29) is 10.7 Å². The van der Waals surface area contributed by atoms with Crippen molar-refractivity contribution in [3.8, 4) is 16.9 Å². The number of benzene rings is 3. The molecule has 0 aliphatic heterocycles. The van der Waals surface area contributed by atoms with E-state index in [2.05, 4.69) is 4.72 Å². The van der Waals surface area contributed by atoms with E-state index < -0.39 is 15.9 Å². The Morgan fingerprint density at radius 1 is 0.935 bits per heavy atom. The van der Waals surface area contributed by atoms with Crippen LogP contribution in [0.4, 0.5) is 0 Å². The van der Waals surface area contributed by atoms with Crippen molar-refractivity contribution in [3.63, 3.8) is 0 Å². The number of amides is 1. The van der Waals surface area contributed by atoms with E-state index in [1.807, 2.05) is 50.2 Å². The van der Waals surface area contributed by atoms with E-state index in [9.17, 15) is 13.2 Å². The second-order valence-corrected chi connectivity index (χ2v) is 8.94. The van der Waals surface area contributed by atoms with E-state index in [1.165, 1.54) is 19.2 Å². The van der Waals surface area contributed by atoms with Crippen LogP contribution in [0.15, 0.2) is 76.0 Å². The molecule has 0 fully saturated rings. The molecule has 1 amide bonds. The number of methoxy groups -OCH3 is 1. The highest BCUT2D eigenvalue weighted by Gasteiger charge is 2.25. The summed E-state index contributed by atoms with van der Waals surface area (Å²) >= 11 is 0. The Bertz CT molecular complexity index is 1390. The van der Waals surface area contributed by atoms with Crippen molar-refractivity contribution in [2.75, 3.05) is 7.11 Å². The molecule has 31 heavy (non-hydrogen) atoms. The molecule has 158 valence electrons. The second-order valence-electron chi connectivity index (χ2n) is 7.29. The zero-order valence-corrected chi connectivity index (χ0v) is 18.1. The topological polar surface area (TPSA) is 85.6 Å². The number of ether oxygens (including phenoxy) is 1. The summed E-state index contributed by atoms with van der Waals surface area (Å²) in [6.45, 7) is 3.75. The summed E-state index contributed by atoms with van der Waals surface area (Å²) in [5, 5.41) is 0.593. The average molecular weight is 436 g/mol. The summed E-state index contributed by atoms with van der Waals surface area (Å²) in [7, 11) is -2.63. The van der Waals surface area contributed by atoms with Gasteiger partial charge in [0.25, 0.3) is 10.0 Å². The first-order valence-corrected chi connectivity index (χ1v) is 11.1. The van der Waals surface area contributed by atoms with Crippen LogP contribution in [0.25, 0.3) is 22.1 Å². The van der Waals surface area contributed by atoms with Gasteiger partial charge in [0, 0.05) is 11.6 Å². The molecule has 4 rings (SSSR count). The third-order valence-corrected chi connectivity index (χ3v) is 6.31. The standard InChI is InChI=1S/C24H21NO5S/c1-15-9-10-23(18(11-15)17-7-5-4-6-8-17)31(27,28)25-24(26)22-14-19-20(29-3)12-16(2)13-21(19)30-22/h4-14H,1-3H3,(H,25,26). The molecule has 0 aliphatic carbocycles. The Kier molecular flexibility index (Phi) is 5.29. The van der Waals surface area contributed by atoms with Crippen LogP contribution in [0, 0.1) is 13.8 Å². The molecule has 7 heteroatoms. The van der Waals surface area contributed by atoms with E-state index in [0.717, 1.165) is 16.7 Å². The minimum Gasteiger partial charge on any atom is -0.496 e. The van der Waals surface area contributed by atoms with Crippen LogP contribution < -0.4 is 9.46 Å². The molecule has 0 saturated carbocycles. The van der Waals surface area contributed by atoms with E-state index >= 15 is 0 Å². The summed E-state index contributed by atoms with van der Waals surface area (Å²) in [6, 6.07) is 19.2. The maximum absolute atomic E-state index is 13.1. The van der Waals surface area contributed by atoms with E-state index in [0.29, 0.717) is 22.3 Å². The molecular weight excluding hydrogens is 414 g/mol. The lowest BCUT2D eigenvalue weighted by molar-refractivity contribution is 0.0956. The molecule has 0 saturated heterocycles. The highest BCUT2D eigenvalue weighted by molar-refractivity contribution is 7.90. The van der Waals surface area contributed by atoms with Gasteiger partial charge in [0.05, 0.1) is 17.4 Å². The second kappa shape index (κ2) is 7.92. The van der Waals surface area contributed by atoms with Crippen LogP contribution in [0.1, 0.15) is 21.7 Å². The highest BCUT2D eigenvalue weighted by atomic mass is 32.2. The lowest BCUT2D eigenvalue weighted by atomic mass is 10.0. The fourth-order valence-electron chi connectivity index (χ4n) is 3.47. The number of hydrogen-bond acceptors (Lipinski definition) is 5. The Hall–Kier alpha value is -3.58. The maximum atomic E-state index is 13.1. The van der Waals surface area contributed by atoms with Gasteiger partial charge in [-0.25, -0.2) is 13.1 Å². The van der Waals surface area contributed by atoms with Crippen molar-refractivity contribution >= 4 is 26.9 Å². The molecule has 0 unspecified atom stereocenters. The third kappa shape index (κ3) is 4.04. The number of fused-ring (bicyclic) bond motifs is 1. The number of furan rings is 1. The molecule has 1 aromatic heterocycles. The fourth-order valence-corrected chi connectivity index (χ4v) is 4.64. The number of sulfonamides is 1. The minimum absolute atomic E-state index is 0.0159. The quantitative estimate of drug-likeness (QED) is 0.485. The van der Waals surface area contributed by atoms with Crippen molar-refractivity contribution in [2.45, 2.75) is 18.7 Å². The number of hydrogen-bond donors (Lipinski definition) is 1. The van der Waals surface area contributed by atoms with Crippen LogP contribution in [-0.2, 0) is 10.0 Å². The lowest BCUT2D eigenvalue weighted by Crippen LogP contribution is -2.30. The van der Waals surface area contributed by atoms with Crippen LogP contribution in [0.3, 0.4) is 0 Å². The first-order valence-electron chi connectivity index (χ1n) is 9.60. The molecule has 1 heterocycles. The van der Waals surface area contributed by atoms with Crippen LogP contribution >= 0.6 is 0 Å². The largest absolute Gasteiger partial charge is 0.496 e. The monoisotopic (exact) mass is 435 g/mol. The summed E-state index contributed by atoms with van der Waals surface area (Å²) in [5.41, 5.74) is 3.50. The van der Waals surface area contributed by atoms with Gasteiger partial charge in [0.1, 0.15) is 11.3 Å². The normalized spacial score (nSPS) is 11.5. The van der Waals surface area contributed by atoms with Gasteiger partial charge in [-0.05, 0) is 43.2 Å². The fraction of sp³-hybridized carbons (Fsp3) is 0.125. The number of rotatable bonds is 5. The Morgan fingerprint density at radius 2 is 1.68 bits per heavy atom. The Balaban J connectivity index is 1.72. The molecule has 0 spiro atoms. The van der Waals surface area contributed by atoms with Crippen LogP contribution in [0.2, 0.25) is 0 Å². The van der Waals surface area contributed by atoms with Gasteiger partial charge in [-0.1, -0.05) is 48.0 Å².